The smallest absolute Gasteiger partial charge is 0.415 e. The van der Waals surface area contributed by atoms with Crippen molar-refractivity contribution in [2.45, 2.75) is 39.4 Å². The number of rotatable bonds is 23. The molecule has 0 bridgehead atoms. The van der Waals surface area contributed by atoms with Gasteiger partial charge in [0.1, 0.15) is 43.0 Å². The number of pyridine rings is 2. The summed E-state index contributed by atoms with van der Waals surface area (Å²) in [6.07, 6.45) is 6.27. The van der Waals surface area contributed by atoms with E-state index in [9.17, 15) is 4.79 Å². The molecule has 2 saturated heterocycles. The number of amides is 1. The van der Waals surface area contributed by atoms with Gasteiger partial charge < -0.3 is 48.7 Å². The van der Waals surface area contributed by atoms with E-state index >= 15 is 0 Å². The van der Waals surface area contributed by atoms with Crippen molar-refractivity contribution in [3.8, 4) is 11.5 Å². The molecule has 2 N–H and O–H groups in total. The van der Waals surface area contributed by atoms with Crippen molar-refractivity contribution in [3.05, 3.63) is 72.6 Å². The van der Waals surface area contributed by atoms with Crippen molar-refractivity contribution < 1.29 is 38.0 Å². The molecule has 304 valence electrons. The average molecular weight is 805 g/mol. The fourth-order valence-electron chi connectivity index (χ4n) is 5.71. The van der Waals surface area contributed by atoms with E-state index in [1.807, 2.05) is 56.0 Å². The first kappa shape index (κ1) is 41.4. The van der Waals surface area contributed by atoms with Crippen LogP contribution in [-0.2, 0) is 30.2 Å². The first-order chi connectivity index (χ1) is 27.8. The lowest BCUT2D eigenvalue weighted by Crippen LogP contribution is -2.37. The molecule has 0 radical (unpaired) electrons. The minimum atomic E-state index is -0.401. The van der Waals surface area contributed by atoms with Gasteiger partial charge in [-0.3, -0.25) is 14.9 Å². The van der Waals surface area contributed by atoms with E-state index in [-0.39, 0.29) is 18.0 Å². The van der Waals surface area contributed by atoms with E-state index in [0.29, 0.717) is 107 Å². The molecule has 2 aliphatic heterocycles. The lowest BCUT2D eigenvalue weighted by molar-refractivity contribution is 0.00496. The number of cyclic esters (lactones) is 1. The van der Waals surface area contributed by atoms with Gasteiger partial charge in [-0.15, -0.1) is 0 Å². The van der Waals surface area contributed by atoms with Crippen molar-refractivity contribution in [2.75, 3.05) is 93.0 Å². The SMILES string of the molecule is CC(Nc1nccc(N2C(=O)OCC2C(C)C)n1)c1ccc(OCCOCCOCCOCCOc2ccc(CNc3nccc(N4CCOC4=P)n3)nc2)cn1. The molecule has 2 fully saturated rings. The lowest BCUT2D eigenvalue weighted by Gasteiger charge is -2.23. The molecule has 0 aliphatic carbocycles. The Morgan fingerprint density at radius 1 is 0.772 bits per heavy atom. The highest BCUT2D eigenvalue weighted by atomic mass is 31.0. The lowest BCUT2D eigenvalue weighted by atomic mass is 10.0. The minimum Gasteiger partial charge on any atom is -0.490 e. The van der Waals surface area contributed by atoms with Crippen LogP contribution in [0.25, 0.3) is 0 Å². The maximum absolute atomic E-state index is 12.3. The summed E-state index contributed by atoms with van der Waals surface area (Å²) >= 11 is 0. The Hall–Kier alpha value is -5.26. The van der Waals surface area contributed by atoms with Crippen LogP contribution in [0.2, 0.25) is 0 Å². The van der Waals surface area contributed by atoms with Crippen LogP contribution in [0, 0.1) is 5.92 Å². The highest BCUT2D eigenvalue weighted by Gasteiger charge is 2.37. The van der Waals surface area contributed by atoms with Crippen molar-refractivity contribution in [3.63, 3.8) is 0 Å². The Morgan fingerprint density at radius 2 is 1.40 bits per heavy atom. The zero-order valence-electron chi connectivity index (χ0n) is 32.3. The van der Waals surface area contributed by atoms with Crippen molar-refractivity contribution in [1.29, 1.82) is 0 Å². The van der Waals surface area contributed by atoms with Crippen LogP contribution < -0.4 is 29.9 Å². The highest BCUT2D eigenvalue weighted by molar-refractivity contribution is 7.20. The standard InChI is InChI=1S/C38H49N10O8P/c1-26(2)32-25-56-37(49)48(32)34-9-11-40-36(46-34)44-27(3)31-7-6-30(24-42-31)54-21-19-52-17-15-50-14-16-51-18-20-53-29-5-4-28(41-23-29)22-43-35-39-10-8-33(45-35)47-12-13-55-38(47)57/h4-11,23-24,26-27,32,57H,12-22,25H2,1-3H3,(H,39,43,45)(H,40,44,46). The van der Waals surface area contributed by atoms with E-state index in [4.69, 9.17) is 33.2 Å². The number of aromatic nitrogens is 6. The number of hydrogen-bond donors (Lipinski definition) is 2. The summed E-state index contributed by atoms with van der Waals surface area (Å²) in [5, 5.41) is 6.45. The third-order valence-electron chi connectivity index (χ3n) is 8.79. The summed E-state index contributed by atoms with van der Waals surface area (Å²) in [7, 11) is 3.46. The first-order valence-electron chi connectivity index (χ1n) is 18.8. The number of carbonyl (C=O) groups is 1. The topological polar surface area (TPSA) is 190 Å². The van der Waals surface area contributed by atoms with Crippen LogP contribution >= 0.6 is 8.86 Å². The largest absolute Gasteiger partial charge is 0.490 e. The number of hydrogen-bond acceptors (Lipinski definition) is 16. The molecule has 4 aromatic rings. The maximum atomic E-state index is 12.3. The zero-order chi connectivity index (χ0) is 39.8. The molecule has 6 heterocycles. The number of anilines is 4. The second kappa shape index (κ2) is 21.3. The summed E-state index contributed by atoms with van der Waals surface area (Å²) in [6, 6.07) is 10.8. The molecule has 19 heteroatoms. The number of nitrogens with zero attached hydrogens (tertiary/aromatic N) is 8. The summed E-state index contributed by atoms with van der Waals surface area (Å²) in [5.74, 6) is 3.65. The van der Waals surface area contributed by atoms with Gasteiger partial charge in [-0.1, -0.05) is 22.7 Å². The fraction of sp³-hybridized carbons (Fsp3) is 0.474. The second-order valence-electron chi connectivity index (χ2n) is 13.2. The molecule has 2 aliphatic rings. The highest BCUT2D eigenvalue weighted by Crippen LogP contribution is 2.27. The van der Waals surface area contributed by atoms with Gasteiger partial charge in [-0.2, -0.15) is 9.97 Å². The van der Waals surface area contributed by atoms with Gasteiger partial charge in [-0.05, 0) is 49.2 Å². The summed E-state index contributed by atoms with van der Waals surface area (Å²) in [5.41, 5.74) is 2.25. The molecule has 2 atom stereocenters. The fourth-order valence-corrected chi connectivity index (χ4v) is 6.04. The van der Waals surface area contributed by atoms with Crippen LogP contribution in [0.5, 0.6) is 11.5 Å². The number of carbonyl (C=O) groups excluding carboxylic acids is 1. The predicted molar refractivity (Wildman–Crippen MR) is 214 cm³/mol. The van der Waals surface area contributed by atoms with Crippen molar-refractivity contribution in [1.82, 2.24) is 29.9 Å². The van der Waals surface area contributed by atoms with Crippen LogP contribution in [0.3, 0.4) is 0 Å². The molecular formula is C38H49N10O8P. The van der Waals surface area contributed by atoms with Gasteiger partial charge >= 0.3 is 6.09 Å². The van der Waals surface area contributed by atoms with Gasteiger partial charge in [0, 0.05) is 12.4 Å². The molecule has 6 rings (SSSR count). The van der Waals surface area contributed by atoms with Crippen LogP contribution in [0.4, 0.5) is 28.3 Å². The molecule has 0 saturated carbocycles. The normalized spacial score (nSPS) is 15.9. The van der Waals surface area contributed by atoms with E-state index in [1.165, 1.54) is 0 Å². The Balaban J connectivity index is 0.761. The number of nitrogens with one attached hydrogen (secondary N) is 2. The average Bonchev–Trinajstić information content (AvgIpc) is 3.84. The van der Waals surface area contributed by atoms with Gasteiger partial charge in [0.25, 0.3) is 0 Å². The number of ether oxygens (including phenoxy) is 7. The predicted octanol–water partition coefficient (Wildman–Crippen LogP) is 4.40. The van der Waals surface area contributed by atoms with Gasteiger partial charge in [-0.25, -0.2) is 14.8 Å². The van der Waals surface area contributed by atoms with Crippen LogP contribution in [0.15, 0.2) is 61.2 Å². The zero-order valence-corrected chi connectivity index (χ0v) is 33.3. The Labute approximate surface area is 333 Å². The first-order valence-corrected chi connectivity index (χ1v) is 19.3. The Bertz CT molecular complexity index is 1880. The van der Waals surface area contributed by atoms with Crippen molar-refractivity contribution >= 4 is 44.1 Å². The summed E-state index contributed by atoms with van der Waals surface area (Å²) in [6.45, 7) is 11.6. The molecule has 0 aromatic carbocycles. The third-order valence-corrected chi connectivity index (χ3v) is 9.20. The van der Waals surface area contributed by atoms with E-state index in [2.05, 4.69) is 49.4 Å². The second-order valence-corrected chi connectivity index (χ2v) is 13.6. The Kier molecular flexibility index (Phi) is 15.5. The van der Waals surface area contributed by atoms with E-state index in [0.717, 1.165) is 23.8 Å². The molecular weight excluding hydrogens is 755 g/mol. The van der Waals surface area contributed by atoms with Crippen molar-refractivity contribution in [2.24, 2.45) is 5.92 Å². The molecule has 2 unspecified atom stereocenters. The third kappa shape index (κ3) is 12.4. The van der Waals surface area contributed by atoms with Gasteiger partial charge in [0.15, 0.2) is 5.60 Å². The van der Waals surface area contributed by atoms with E-state index in [1.54, 1.807) is 35.8 Å². The van der Waals surface area contributed by atoms with E-state index < -0.39 is 6.09 Å². The molecule has 0 spiro atoms. The monoisotopic (exact) mass is 804 g/mol. The summed E-state index contributed by atoms with van der Waals surface area (Å²) < 4.78 is 39.0. The molecule has 1 amide bonds. The maximum Gasteiger partial charge on any atom is 0.415 e. The van der Waals surface area contributed by atoms with Gasteiger partial charge in [0.2, 0.25) is 11.9 Å². The van der Waals surface area contributed by atoms with Crippen LogP contribution in [-0.4, -0.2) is 120 Å². The molecule has 4 aromatic heterocycles. The Morgan fingerprint density at radius 3 is 2.02 bits per heavy atom. The van der Waals surface area contributed by atoms with Crippen LogP contribution in [0.1, 0.15) is 38.2 Å². The molecule has 57 heavy (non-hydrogen) atoms. The van der Waals surface area contributed by atoms with Gasteiger partial charge in [0.05, 0.1) is 95.2 Å². The minimum absolute atomic E-state index is 0.0784. The summed E-state index contributed by atoms with van der Waals surface area (Å²) in [4.78, 5) is 42.5. The molecule has 18 nitrogen and oxygen atoms in total. The quantitative estimate of drug-likeness (QED) is 0.0792.